The molecule has 0 saturated heterocycles. The van der Waals surface area contributed by atoms with Crippen LogP contribution in [0.5, 0.6) is 0 Å². The molecular formula is C52H91O8P. The number of unbranched alkanes of at least 4 members (excludes halogenated alkanes) is 22. The molecule has 0 heterocycles. The first-order valence-corrected chi connectivity index (χ1v) is 26.1. The molecule has 0 aliphatic rings. The molecule has 61 heavy (non-hydrogen) atoms. The molecule has 0 aliphatic carbocycles. The smallest absolute Gasteiger partial charge is 0.462 e. The van der Waals surface area contributed by atoms with Crippen molar-refractivity contribution < 1.29 is 37.6 Å². The van der Waals surface area contributed by atoms with Crippen LogP contribution in [0.2, 0.25) is 0 Å². The van der Waals surface area contributed by atoms with E-state index in [1.54, 1.807) is 0 Å². The Morgan fingerprint density at radius 3 is 1.21 bits per heavy atom. The Labute approximate surface area is 374 Å². The van der Waals surface area contributed by atoms with E-state index in [9.17, 15) is 19.0 Å². The molecule has 1 N–H and O–H groups in total. The second-order valence-electron chi connectivity index (χ2n) is 16.2. The van der Waals surface area contributed by atoms with Crippen LogP contribution >= 0.6 is 7.82 Å². The summed E-state index contributed by atoms with van der Waals surface area (Å²) in [5.74, 6) is -0.898. The summed E-state index contributed by atoms with van der Waals surface area (Å²) in [7, 11) is -3.24. The highest BCUT2D eigenvalue weighted by molar-refractivity contribution is 7.47. The molecule has 9 heteroatoms. The number of rotatable bonds is 45. The Morgan fingerprint density at radius 1 is 0.475 bits per heavy atom. The second kappa shape index (κ2) is 47.0. The van der Waals surface area contributed by atoms with Crippen molar-refractivity contribution in [2.24, 2.45) is 0 Å². The highest BCUT2D eigenvalue weighted by Gasteiger charge is 2.24. The molecular weight excluding hydrogens is 784 g/mol. The fraction of sp³-hybridized carbons (Fsp3) is 0.731. The molecule has 0 spiro atoms. The lowest BCUT2D eigenvalue weighted by atomic mass is 10.0. The van der Waals surface area contributed by atoms with E-state index < -0.39 is 26.5 Å². The van der Waals surface area contributed by atoms with Gasteiger partial charge in [0, 0.05) is 20.0 Å². The molecule has 0 fully saturated rings. The molecule has 0 bridgehead atoms. The summed E-state index contributed by atoms with van der Waals surface area (Å²) < 4.78 is 32.0. The minimum Gasteiger partial charge on any atom is -0.462 e. The maximum absolute atomic E-state index is 12.5. The number of esters is 2. The number of carbonyl (C=O) groups excluding carboxylic acids is 2. The maximum Gasteiger partial charge on any atom is 0.472 e. The molecule has 0 aromatic heterocycles. The number of hydrogen-bond donors (Lipinski definition) is 1. The van der Waals surface area contributed by atoms with Gasteiger partial charge in [0.2, 0.25) is 0 Å². The highest BCUT2D eigenvalue weighted by atomic mass is 31.2. The van der Waals surface area contributed by atoms with Gasteiger partial charge in [0.1, 0.15) is 6.61 Å². The Kier molecular flexibility index (Phi) is 45.0. The van der Waals surface area contributed by atoms with Gasteiger partial charge >= 0.3 is 19.8 Å². The first-order chi connectivity index (χ1) is 29.8. The summed E-state index contributed by atoms with van der Waals surface area (Å²) in [4.78, 5) is 34.6. The van der Waals surface area contributed by atoms with Crippen LogP contribution in [0.3, 0.4) is 0 Å². The van der Waals surface area contributed by atoms with E-state index in [0.29, 0.717) is 6.42 Å². The molecule has 0 aromatic carbocycles. The normalized spacial score (nSPS) is 13.8. The van der Waals surface area contributed by atoms with Crippen LogP contribution in [-0.4, -0.2) is 43.3 Å². The van der Waals surface area contributed by atoms with E-state index in [1.165, 1.54) is 128 Å². The third-order valence-corrected chi connectivity index (χ3v) is 11.4. The van der Waals surface area contributed by atoms with Crippen molar-refractivity contribution in [2.75, 3.05) is 20.3 Å². The lowest BCUT2D eigenvalue weighted by Crippen LogP contribution is -2.29. The maximum atomic E-state index is 12.5. The zero-order valence-electron chi connectivity index (χ0n) is 39.3. The van der Waals surface area contributed by atoms with E-state index in [4.69, 9.17) is 14.0 Å². The van der Waals surface area contributed by atoms with E-state index in [-0.39, 0.29) is 25.4 Å². The SMILES string of the molecule is CC/C=C\C/C=C\C/C=C\C/C=C\C/C=C\C/C=C\CCC(=O)OC(COC(=O)CCCCCCCCCCCCCCCCCCCCCCCCC)COP(=O)(O)OC. The summed E-state index contributed by atoms with van der Waals surface area (Å²) in [5.41, 5.74) is 0. The van der Waals surface area contributed by atoms with E-state index in [0.717, 1.165) is 64.9 Å². The molecule has 0 aliphatic heterocycles. The van der Waals surface area contributed by atoms with Gasteiger partial charge in [0.15, 0.2) is 6.10 Å². The summed E-state index contributed by atoms with van der Waals surface area (Å²) in [5, 5.41) is 0. The molecule has 8 nitrogen and oxygen atoms in total. The van der Waals surface area contributed by atoms with Crippen LogP contribution in [0.15, 0.2) is 72.9 Å². The average Bonchev–Trinajstić information content (AvgIpc) is 3.25. The number of phosphoric acid groups is 1. The van der Waals surface area contributed by atoms with Crippen LogP contribution in [0.1, 0.15) is 219 Å². The summed E-state index contributed by atoms with van der Waals surface area (Å²) in [6, 6.07) is 0. The Bertz CT molecular complexity index is 1220. The molecule has 0 saturated carbocycles. The second-order valence-corrected chi connectivity index (χ2v) is 17.8. The topological polar surface area (TPSA) is 108 Å². The average molecular weight is 875 g/mol. The standard InChI is InChI=1S/C52H91O8P/c1-4-6-8-10-12-14-16-18-20-22-24-25-26-27-29-30-32-34-36-38-40-42-44-46-51(53)58-48-50(49-59-61(55,56)57-3)60-52(54)47-45-43-41-39-37-35-33-31-28-23-21-19-17-15-13-11-9-7-5-2/h7,9,13,15,19,21,28,31,35,37,41,43,50H,4-6,8,10-12,14,16-18,20,22-27,29-30,32-34,36,38-40,42,44-49H2,1-3H3,(H,55,56)/b9-7-,15-13-,21-19-,31-28-,37-35-,43-41-. The van der Waals surface area contributed by atoms with Crippen LogP contribution in [-0.2, 0) is 32.7 Å². The molecule has 0 aromatic rings. The molecule has 352 valence electrons. The Morgan fingerprint density at radius 2 is 0.836 bits per heavy atom. The van der Waals surface area contributed by atoms with Crippen LogP contribution in [0, 0.1) is 0 Å². The largest absolute Gasteiger partial charge is 0.472 e. The van der Waals surface area contributed by atoms with Crippen LogP contribution in [0.25, 0.3) is 0 Å². The van der Waals surface area contributed by atoms with Gasteiger partial charge in [-0.1, -0.05) is 228 Å². The molecule has 0 rings (SSSR count). The van der Waals surface area contributed by atoms with Gasteiger partial charge in [-0.25, -0.2) is 4.57 Å². The van der Waals surface area contributed by atoms with Crippen molar-refractivity contribution in [1.82, 2.24) is 0 Å². The Balaban J connectivity index is 3.99. The van der Waals surface area contributed by atoms with Crippen molar-refractivity contribution >= 4 is 19.8 Å². The number of hydrogen-bond acceptors (Lipinski definition) is 7. The van der Waals surface area contributed by atoms with Crippen molar-refractivity contribution in [2.45, 2.75) is 225 Å². The number of allylic oxidation sites excluding steroid dienone is 12. The van der Waals surface area contributed by atoms with Crippen LogP contribution in [0.4, 0.5) is 0 Å². The monoisotopic (exact) mass is 875 g/mol. The van der Waals surface area contributed by atoms with Gasteiger partial charge in [-0.3, -0.25) is 18.6 Å². The van der Waals surface area contributed by atoms with Gasteiger partial charge in [-0.15, -0.1) is 0 Å². The lowest BCUT2D eigenvalue weighted by molar-refractivity contribution is -0.161. The summed E-state index contributed by atoms with van der Waals surface area (Å²) in [6.07, 6.45) is 61.3. The Hall–Kier alpha value is -2.51. The van der Waals surface area contributed by atoms with Crippen molar-refractivity contribution in [1.29, 1.82) is 0 Å². The van der Waals surface area contributed by atoms with Crippen molar-refractivity contribution in [3.8, 4) is 0 Å². The van der Waals surface area contributed by atoms with Crippen LogP contribution < -0.4 is 0 Å². The van der Waals surface area contributed by atoms with E-state index >= 15 is 0 Å². The van der Waals surface area contributed by atoms with Crippen molar-refractivity contribution in [3.63, 3.8) is 0 Å². The zero-order valence-corrected chi connectivity index (χ0v) is 40.2. The molecule has 2 atom stereocenters. The predicted octanol–water partition coefficient (Wildman–Crippen LogP) is 16.1. The third-order valence-electron chi connectivity index (χ3n) is 10.5. The lowest BCUT2D eigenvalue weighted by Gasteiger charge is -2.19. The minimum absolute atomic E-state index is 0.118. The summed E-state index contributed by atoms with van der Waals surface area (Å²) >= 11 is 0. The third kappa shape index (κ3) is 46.8. The molecule has 2 unspecified atom stereocenters. The van der Waals surface area contributed by atoms with Gasteiger partial charge < -0.3 is 14.4 Å². The number of carbonyl (C=O) groups is 2. The molecule has 0 radical (unpaired) electrons. The molecule has 0 amide bonds. The van der Waals surface area contributed by atoms with Gasteiger partial charge in [0.25, 0.3) is 0 Å². The van der Waals surface area contributed by atoms with E-state index in [2.05, 4.69) is 79.1 Å². The fourth-order valence-corrected chi connectivity index (χ4v) is 7.20. The highest BCUT2D eigenvalue weighted by Crippen LogP contribution is 2.42. The quantitative estimate of drug-likeness (QED) is 0.0279. The van der Waals surface area contributed by atoms with Crippen molar-refractivity contribution in [3.05, 3.63) is 72.9 Å². The number of phosphoric ester groups is 1. The summed E-state index contributed by atoms with van der Waals surface area (Å²) in [6.45, 7) is 3.74. The first kappa shape index (κ1) is 58.5. The number of ether oxygens (including phenoxy) is 2. The predicted molar refractivity (Wildman–Crippen MR) is 258 cm³/mol. The van der Waals surface area contributed by atoms with Gasteiger partial charge in [0.05, 0.1) is 6.61 Å². The van der Waals surface area contributed by atoms with Gasteiger partial charge in [-0.2, -0.15) is 0 Å². The fourth-order valence-electron chi connectivity index (χ4n) is 6.74. The van der Waals surface area contributed by atoms with Gasteiger partial charge in [-0.05, 0) is 51.4 Å². The zero-order chi connectivity index (χ0) is 44.6. The minimum atomic E-state index is -4.29. The van der Waals surface area contributed by atoms with E-state index in [1.807, 2.05) is 12.2 Å². The first-order valence-electron chi connectivity index (χ1n) is 24.6.